The van der Waals surface area contributed by atoms with Crippen LogP contribution in [0.15, 0.2) is 0 Å². The Morgan fingerprint density at radius 3 is 2.43 bits per heavy atom. The molecule has 0 bridgehead atoms. The lowest BCUT2D eigenvalue weighted by Gasteiger charge is -2.34. The van der Waals surface area contributed by atoms with Crippen molar-refractivity contribution in [2.45, 2.75) is 57.5 Å². The summed E-state index contributed by atoms with van der Waals surface area (Å²) in [4.78, 5) is 0. The Hall–Kier alpha value is -0.120. The SMILES string of the molecule is CC(C)C1COC2(CCC(O)CC2)O1. The summed E-state index contributed by atoms with van der Waals surface area (Å²) in [7, 11) is 0. The second kappa shape index (κ2) is 3.80. The van der Waals surface area contributed by atoms with E-state index in [0.29, 0.717) is 12.5 Å². The van der Waals surface area contributed by atoms with Crippen molar-refractivity contribution in [3.05, 3.63) is 0 Å². The molecular weight excluding hydrogens is 180 g/mol. The Labute approximate surface area is 85.4 Å². The molecule has 1 heterocycles. The maximum absolute atomic E-state index is 9.42. The molecule has 82 valence electrons. The zero-order chi connectivity index (χ0) is 10.2. The van der Waals surface area contributed by atoms with Crippen LogP contribution in [0.1, 0.15) is 39.5 Å². The molecule has 0 aromatic heterocycles. The molecule has 0 amide bonds. The maximum atomic E-state index is 9.42. The number of ether oxygens (including phenoxy) is 2. The fourth-order valence-corrected chi connectivity index (χ4v) is 2.21. The molecule has 0 aromatic carbocycles. The van der Waals surface area contributed by atoms with Crippen molar-refractivity contribution >= 4 is 0 Å². The molecule has 1 saturated carbocycles. The normalized spacial score (nSPS) is 43.7. The van der Waals surface area contributed by atoms with Crippen LogP contribution in [0.2, 0.25) is 0 Å². The van der Waals surface area contributed by atoms with Crippen LogP contribution < -0.4 is 0 Å². The fraction of sp³-hybridized carbons (Fsp3) is 1.00. The first kappa shape index (κ1) is 10.4. The van der Waals surface area contributed by atoms with Crippen molar-refractivity contribution in [3.63, 3.8) is 0 Å². The third-order valence-corrected chi connectivity index (χ3v) is 3.34. The van der Waals surface area contributed by atoms with Gasteiger partial charge in [-0.2, -0.15) is 0 Å². The van der Waals surface area contributed by atoms with E-state index in [1.807, 2.05) is 0 Å². The van der Waals surface area contributed by atoms with Crippen molar-refractivity contribution in [1.29, 1.82) is 0 Å². The second-order valence-corrected chi connectivity index (χ2v) is 4.85. The minimum Gasteiger partial charge on any atom is -0.393 e. The van der Waals surface area contributed by atoms with Gasteiger partial charge >= 0.3 is 0 Å². The molecule has 0 radical (unpaired) electrons. The smallest absolute Gasteiger partial charge is 0.169 e. The number of hydrogen-bond acceptors (Lipinski definition) is 3. The first-order chi connectivity index (χ1) is 6.61. The molecule has 3 heteroatoms. The average Bonchev–Trinajstić information content (AvgIpc) is 2.56. The lowest BCUT2D eigenvalue weighted by atomic mass is 9.92. The van der Waals surface area contributed by atoms with Gasteiger partial charge in [-0.05, 0) is 18.8 Å². The third-order valence-electron chi connectivity index (χ3n) is 3.34. The van der Waals surface area contributed by atoms with Crippen LogP contribution in [-0.4, -0.2) is 29.7 Å². The molecule has 1 spiro atoms. The molecule has 1 atom stereocenters. The quantitative estimate of drug-likeness (QED) is 0.700. The van der Waals surface area contributed by atoms with E-state index in [2.05, 4.69) is 13.8 Å². The van der Waals surface area contributed by atoms with E-state index in [1.54, 1.807) is 0 Å². The van der Waals surface area contributed by atoms with Crippen LogP contribution in [0.5, 0.6) is 0 Å². The van der Waals surface area contributed by atoms with Crippen LogP contribution in [0.4, 0.5) is 0 Å². The first-order valence-electron chi connectivity index (χ1n) is 5.61. The van der Waals surface area contributed by atoms with Crippen molar-refractivity contribution in [2.24, 2.45) is 5.92 Å². The Morgan fingerprint density at radius 1 is 1.29 bits per heavy atom. The van der Waals surface area contributed by atoms with Gasteiger partial charge in [0.25, 0.3) is 0 Å². The predicted molar refractivity (Wildman–Crippen MR) is 52.9 cm³/mol. The zero-order valence-corrected chi connectivity index (χ0v) is 9.03. The van der Waals surface area contributed by atoms with E-state index < -0.39 is 0 Å². The van der Waals surface area contributed by atoms with Crippen molar-refractivity contribution in [3.8, 4) is 0 Å². The summed E-state index contributed by atoms with van der Waals surface area (Å²) in [5.74, 6) is 0.162. The highest BCUT2D eigenvalue weighted by atomic mass is 16.7. The molecule has 1 saturated heterocycles. The first-order valence-corrected chi connectivity index (χ1v) is 5.61. The highest BCUT2D eigenvalue weighted by Gasteiger charge is 2.44. The number of hydrogen-bond donors (Lipinski definition) is 1. The standard InChI is InChI=1S/C11H20O3/c1-8(2)10-7-13-11(14-10)5-3-9(12)4-6-11/h8-10,12H,3-7H2,1-2H3. The minimum absolute atomic E-state index is 0.147. The largest absolute Gasteiger partial charge is 0.393 e. The molecule has 1 aliphatic heterocycles. The highest BCUT2D eigenvalue weighted by Crippen LogP contribution is 2.39. The van der Waals surface area contributed by atoms with Crippen molar-refractivity contribution < 1.29 is 14.6 Å². The summed E-state index contributed by atoms with van der Waals surface area (Å²) < 4.78 is 11.7. The Balaban J connectivity index is 1.93. The molecular formula is C11H20O3. The van der Waals surface area contributed by atoms with E-state index >= 15 is 0 Å². The van der Waals surface area contributed by atoms with Gasteiger partial charge in [-0.3, -0.25) is 0 Å². The number of aliphatic hydroxyl groups is 1. The third kappa shape index (κ3) is 1.95. The lowest BCUT2D eigenvalue weighted by molar-refractivity contribution is -0.200. The van der Waals surface area contributed by atoms with E-state index in [1.165, 1.54) is 0 Å². The van der Waals surface area contributed by atoms with Gasteiger partial charge in [0.2, 0.25) is 0 Å². The summed E-state index contributed by atoms with van der Waals surface area (Å²) in [6.45, 7) is 5.03. The predicted octanol–water partition coefficient (Wildman–Crippen LogP) is 1.69. The summed E-state index contributed by atoms with van der Waals surface area (Å²) in [5.41, 5.74) is 0. The maximum Gasteiger partial charge on any atom is 0.169 e. The summed E-state index contributed by atoms with van der Waals surface area (Å²) in [6.07, 6.45) is 3.40. The van der Waals surface area contributed by atoms with Gasteiger partial charge < -0.3 is 14.6 Å². The molecule has 1 unspecified atom stereocenters. The molecule has 2 rings (SSSR count). The van der Waals surface area contributed by atoms with Crippen LogP contribution >= 0.6 is 0 Å². The van der Waals surface area contributed by atoms with Crippen molar-refractivity contribution in [1.82, 2.24) is 0 Å². The molecule has 1 N–H and O–H groups in total. The van der Waals surface area contributed by atoms with Crippen LogP contribution in [-0.2, 0) is 9.47 Å². The van der Waals surface area contributed by atoms with Gasteiger partial charge in [-0.1, -0.05) is 13.8 Å². The number of aliphatic hydroxyl groups excluding tert-OH is 1. The molecule has 0 aromatic rings. The minimum atomic E-state index is -0.353. The molecule has 3 nitrogen and oxygen atoms in total. The molecule has 2 fully saturated rings. The monoisotopic (exact) mass is 200 g/mol. The van der Waals surface area contributed by atoms with Gasteiger partial charge in [0.1, 0.15) is 0 Å². The lowest BCUT2D eigenvalue weighted by Crippen LogP contribution is -2.37. The topological polar surface area (TPSA) is 38.7 Å². The fourth-order valence-electron chi connectivity index (χ4n) is 2.21. The summed E-state index contributed by atoms with van der Waals surface area (Å²) in [5, 5.41) is 9.42. The summed E-state index contributed by atoms with van der Waals surface area (Å²) in [6, 6.07) is 0. The Morgan fingerprint density at radius 2 is 1.93 bits per heavy atom. The second-order valence-electron chi connectivity index (χ2n) is 4.85. The number of rotatable bonds is 1. The van der Waals surface area contributed by atoms with Crippen molar-refractivity contribution in [2.75, 3.05) is 6.61 Å². The van der Waals surface area contributed by atoms with Gasteiger partial charge in [-0.25, -0.2) is 0 Å². The van der Waals surface area contributed by atoms with Gasteiger partial charge in [0.05, 0.1) is 18.8 Å². The van der Waals surface area contributed by atoms with Gasteiger partial charge in [0.15, 0.2) is 5.79 Å². The summed E-state index contributed by atoms with van der Waals surface area (Å²) >= 11 is 0. The highest BCUT2D eigenvalue weighted by molar-refractivity contribution is 4.85. The van der Waals surface area contributed by atoms with Gasteiger partial charge in [0, 0.05) is 12.8 Å². The van der Waals surface area contributed by atoms with E-state index in [9.17, 15) is 5.11 Å². The Kier molecular flexibility index (Phi) is 2.82. The Bertz CT molecular complexity index is 195. The van der Waals surface area contributed by atoms with E-state index in [-0.39, 0.29) is 18.0 Å². The van der Waals surface area contributed by atoms with Crippen LogP contribution in [0.3, 0.4) is 0 Å². The molecule has 2 aliphatic rings. The zero-order valence-electron chi connectivity index (χ0n) is 9.03. The van der Waals surface area contributed by atoms with E-state index in [0.717, 1.165) is 25.7 Å². The van der Waals surface area contributed by atoms with Gasteiger partial charge in [-0.15, -0.1) is 0 Å². The van der Waals surface area contributed by atoms with E-state index in [4.69, 9.17) is 9.47 Å². The van der Waals surface area contributed by atoms with Crippen LogP contribution in [0.25, 0.3) is 0 Å². The van der Waals surface area contributed by atoms with Crippen LogP contribution in [0, 0.1) is 5.92 Å². The average molecular weight is 200 g/mol. The molecule has 14 heavy (non-hydrogen) atoms. The molecule has 1 aliphatic carbocycles.